The van der Waals surface area contributed by atoms with Crippen LogP contribution < -0.4 is 9.84 Å². The number of tetrazole rings is 1. The molecule has 0 saturated carbocycles. The molecule has 0 fully saturated rings. The summed E-state index contributed by atoms with van der Waals surface area (Å²) in [6.07, 6.45) is 6.95. The second kappa shape index (κ2) is 9.55. The second-order valence-corrected chi connectivity index (χ2v) is 7.44. The van der Waals surface area contributed by atoms with Crippen LogP contribution >= 0.6 is 0 Å². The van der Waals surface area contributed by atoms with E-state index in [1.54, 1.807) is 6.07 Å². The van der Waals surface area contributed by atoms with E-state index >= 15 is 0 Å². The lowest BCUT2D eigenvalue weighted by atomic mass is 9.86. The van der Waals surface area contributed by atoms with Crippen LogP contribution in [-0.2, 0) is 18.3 Å². The minimum Gasteiger partial charge on any atom is -0.508 e. The largest absolute Gasteiger partial charge is 0.508 e. The number of aryl methyl sites for hydroxylation is 2. The van der Waals surface area contributed by atoms with Gasteiger partial charge in [-0.1, -0.05) is 47.0 Å². The fourth-order valence-corrected chi connectivity index (χ4v) is 3.10. The van der Waals surface area contributed by atoms with Gasteiger partial charge in [0.25, 0.3) is 0 Å². The van der Waals surface area contributed by atoms with Crippen molar-refractivity contribution in [3.63, 3.8) is 0 Å². The minimum absolute atomic E-state index is 0.0966. The molecular weight excluding hydrogens is 328 g/mol. The molecule has 0 saturated heterocycles. The molecule has 0 amide bonds. The van der Waals surface area contributed by atoms with Gasteiger partial charge in [0.2, 0.25) is 0 Å². The third-order valence-electron chi connectivity index (χ3n) is 4.79. The van der Waals surface area contributed by atoms with Crippen molar-refractivity contribution in [3.05, 3.63) is 29.1 Å². The summed E-state index contributed by atoms with van der Waals surface area (Å²) in [4.78, 5) is 0. The maximum atomic E-state index is 10.2. The van der Waals surface area contributed by atoms with Gasteiger partial charge in [-0.05, 0) is 48.3 Å². The number of phenols is 1. The molecule has 144 valence electrons. The van der Waals surface area contributed by atoms with Crippen molar-refractivity contribution in [3.8, 4) is 11.5 Å². The lowest BCUT2D eigenvalue weighted by Gasteiger charge is -2.24. The molecule has 2 aromatic rings. The molecule has 6 nitrogen and oxygen atoms in total. The van der Waals surface area contributed by atoms with Crippen molar-refractivity contribution in [1.82, 2.24) is 20.6 Å². The highest BCUT2D eigenvalue weighted by Crippen LogP contribution is 2.30. The number of hydrogen-bond acceptors (Lipinski definition) is 5. The van der Waals surface area contributed by atoms with E-state index in [1.165, 1.54) is 5.56 Å². The number of hydrogen-bond donors (Lipinski definition) is 1. The quantitative estimate of drug-likeness (QED) is 0.611. The standard InChI is InChI=1S/C20H31N4O2/c1-5-10-16-13-15(6-2)18(14-17(16)25)26-12-9-7-8-11-20(3,4)19-21-23-24-22-19/h13-14H,5-12H2,1-4H3,(H-,21,22,23,24,25)/q-1. The first-order valence-electron chi connectivity index (χ1n) is 9.64. The maximum absolute atomic E-state index is 10.2. The number of rotatable bonds is 11. The Morgan fingerprint density at radius 1 is 1.12 bits per heavy atom. The SMILES string of the molecule is CCCc1cc(CC)c(OCCCCCC(C)(C)c2nnn[n-]2)cc1O. The molecule has 1 aromatic heterocycles. The summed E-state index contributed by atoms with van der Waals surface area (Å²) >= 11 is 0. The molecule has 0 bridgehead atoms. The molecule has 0 aliphatic rings. The van der Waals surface area contributed by atoms with E-state index in [4.69, 9.17) is 4.74 Å². The Bertz CT molecular complexity index is 669. The van der Waals surface area contributed by atoms with Gasteiger partial charge in [-0.3, -0.25) is 10.3 Å². The predicted molar refractivity (Wildman–Crippen MR) is 102 cm³/mol. The van der Waals surface area contributed by atoms with Gasteiger partial charge in [0.15, 0.2) is 0 Å². The Balaban J connectivity index is 1.77. The normalized spacial score (nSPS) is 11.7. The molecule has 1 N–H and O–H groups in total. The van der Waals surface area contributed by atoms with Gasteiger partial charge < -0.3 is 14.9 Å². The van der Waals surface area contributed by atoms with Crippen LogP contribution in [0.2, 0.25) is 0 Å². The molecule has 1 heterocycles. The van der Waals surface area contributed by atoms with Gasteiger partial charge in [-0.2, -0.15) is 5.21 Å². The van der Waals surface area contributed by atoms with E-state index in [2.05, 4.69) is 54.4 Å². The molecule has 0 aliphatic carbocycles. The smallest absolute Gasteiger partial charge is 0.126 e. The Morgan fingerprint density at radius 2 is 1.92 bits per heavy atom. The number of aromatic hydroxyl groups is 1. The number of unbranched alkanes of at least 4 members (excludes halogenated alkanes) is 2. The summed E-state index contributed by atoms with van der Waals surface area (Å²) in [5.74, 6) is 1.87. The fourth-order valence-electron chi connectivity index (χ4n) is 3.10. The van der Waals surface area contributed by atoms with Gasteiger partial charge >= 0.3 is 0 Å². The average Bonchev–Trinajstić information content (AvgIpc) is 3.15. The van der Waals surface area contributed by atoms with Crippen molar-refractivity contribution >= 4 is 0 Å². The highest BCUT2D eigenvalue weighted by molar-refractivity contribution is 5.46. The molecule has 26 heavy (non-hydrogen) atoms. The van der Waals surface area contributed by atoms with E-state index in [1.807, 2.05) is 0 Å². The van der Waals surface area contributed by atoms with Gasteiger partial charge in [-0.15, -0.1) is 0 Å². The predicted octanol–water partition coefficient (Wildman–Crippen LogP) is 3.97. The second-order valence-electron chi connectivity index (χ2n) is 7.44. The van der Waals surface area contributed by atoms with Gasteiger partial charge in [0, 0.05) is 11.9 Å². The third kappa shape index (κ3) is 5.44. The summed E-state index contributed by atoms with van der Waals surface area (Å²) in [5, 5.41) is 25.2. The van der Waals surface area contributed by atoms with Crippen molar-refractivity contribution in [1.29, 1.82) is 0 Å². The first-order valence-corrected chi connectivity index (χ1v) is 9.64. The number of aromatic nitrogens is 4. The van der Waals surface area contributed by atoms with Crippen LogP contribution in [0.5, 0.6) is 11.5 Å². The zero-order chi connectivity index (χ0) is 19.0. The van der Waals surface area contributed by atoms with E-state index < -0.39 is 0 Å². The highest BCUT2D eigenvalue weighted by atomic mass is 16.5. The van der Waals surface area contributed by atoms with Gasteiger partial charge in [-0.25, -0.2) is 0 Å². The van der Waals surface area contributed by atoms with Crippen molar-refractivity contribution < 1.29 is 9.84 Å². The zero-order valence-electron chi connectivity index (χ0n) is 16.5. The molecule has 1 aromatic carbocycles. The Labute approximate surface area is 156 Å². The fraction of sp³-hybridized carbons (Fsp3) is 0.650. The molecule has 0 spiro atoms. The van der Waals surface area contributed by atoms with E-state index in [0.717, 1.165) is 56.3 Å². The van der Waals surface area contributed by atoms with Crippen LogP contribution in [0.3, 0.4) is 0 Å². The van der Waals surface area contributed by atoms with Crippen LogP contribution in [0.15, 0.2) is 12.1 Å². The summed E-state index contributed by atoms with van der Waals surface area (Å²) in [5.41, 5.74) is 2.08. The van der Waals surface area contributed by atoms with Crippen LogP contribution in [0.4, 0.5) is 0 Å². The van der Waals surface area contributed by atoms with E-state index in [0.29, 0.717) is 18.2 Å². The molecule has 0 aliphatic heterocycles. The summed E-state index contributed by atoms with van der Waals surface area (Å²) in [6.45, 7) is 9.14. The number of phenolic OH excluding ortho intramolecular Hbond substituents is 1. The summed E-state index contributed by atoms with van der Waals surface area (Å²) < 4.78 is 5.94. The molecular formula is C20H31N4O2-. The van der Waals surface area contributed by atoms with Crippen molar-refractivity contribution in [2.45, 2.75) is 78.1 Å². The number of benzene rings is 1. The summed E-state index contributed by atoms with van der Waals surface area (Å²) in [6, 6.07) is 3.86. The van der Waals surface area contributed by atoms with Crippen molar-refractivity contribution in [2.24, 2.45) is 0 Å². The highest BCUT2D eigenvalue weighted by Gasteiger charge is 2.19. The van der Waals surface area contributed by atoms with Gasteiger partial charge in [0.05, 0.1) is 6.61 Å². The maximum Gasteiger partial charge on any atom is 0.126 e. The lowest BCUT2D eigenvalue weighted by Crippen LogP contribution is -2.20. The van der Waals surface area contributed by atoms with Crippen molar-refractivity contribution in [2.75, 3.05) is 6.61 Å². The Hall–Kier alpha value is -2.11. The molecule has 2 rings (SSSR count). The third-order valence-corrected chi connectivity index (χ3v) is 4.79. The Kier molecular flexibility index (Phi) is 7.42. The average molecular weight is 359 g/mol. The summed E-state index contributed by atoms with van der Waals surface area (Å²) in [7, 11) is 0. The monoisotopic (exact) mass is 359 g/mol. The lowest BCUT2D eigenvalue weighted by molar-refractivity contribution is 0.296. The minimum atomic E-state index is -0.0966. The number of ether oxygens (including phenoxy) is 1. The van der Waals surface area contributed by atoms with E-state index in [-0.39, 0.29) is 5.41 Å². The zero-order valence-corrected chi connectivity index (χ0v) is 16.5. The molecule has 6 heteroatoms. The molecule has 0 unspecified atom stereocenters. The van der Waals surface area contributed by atoms with Crippen LogP contribution in [-0.4, -0.2) is 27.2 Å². The van der Waals surface area contributed by atoms with Crippen LogP contribution in [0, 0.1) is 0 Å². The van der Waals surface area contributed by atoms with Gasteiger partial charge in [0.1, 0.15) is 11.5 Å². The Morgan fingerprint density at radius 3 is 2.58 bits per heavy atom. The van der Waals surface area contributed by atoms with Crippen LogP contribution in [0.25, 0.3) is 0 Å². The molecule has 0 atom stereocenters. The number of nitrogens with zero attached hydrogens (tertiary/aromatic N) is 4. The molecule has 0 radical (unpaired) electrons. The first kappa shape index (κ1) is 20.2. The topological polar surface area (TPSA) is 82.2 Å². The van der Waals surface area contributed by atoms with E-state index in [9.17, 15) is 5.11 Å². The van der Waals surface area contributed by atoms with Crippen LogP contribution in [0.1, 0.15) is 76.8 Å². The first-order chi connectivity index (χ1) is 12.5.